The van der Waals surface area contributed by atoms with E-state index in [4.69, 9.17) is 5.26 Å². The molecular formula is C8H9N. The largest absolute Gasteiger partial charge is 0.198 e. The zero-order chi connectivity index (χ0) is 6.95. The lowest BCUT2D eigenvalue weighted by Crippen LogP contribution is -1.53. The summed E-state index contributed by atoms with van der Waals surface area (Å²) in [5.41, 5.74) is 0. The molecule has 0 heterocycles. The van der Waals surface area contributed by atoms with Gasteiger partial charge in [0.15, 0.2) is 0 Å². The Morgan fingerprint density at radius 1 is 1.33 bits per heavy atom. The summed E-state index contributed by atoms with van der Waals surface area (Å²) < 4.78 is 0. The summed E-state index contributed by atoms with van der Waals surface area (Å²) in [6, 6.07) is 2.00. The van der Waals surface area contributed by atoms with E-state index in [1.54, 1.807) is 12.2 Å². The predicted molar refractivity (Wildman–Crippen MR) is 38.7 cm³/mol. The molecule has 0 bridgehead atoms. The molecule has 0 fully saturated rings. The molecule has 0 aromatic heterocycles. The van der Waals surface area contributed by atoms with Crippen molar-refractivity contribution in [3.8, 4) is 6.07 Å². The molecule has 0 radical (unpaired) electrons. The Bertz CT molecular complexity index is 158. The van der Waals surface area contributed by atoms with Crippen molar-refractivity contribution in [2.75, 3.05) is 0 Å². The van der Waals surface area contributed by atoms with Gasteiger partial charge in [-0.05, 0) is 0 Å². The van der Waals surface area contributed by atoms with Crippen LogP contribution < -0.4 is 0 Å². The van der Waals surface area contributed by atoms with Gasteiger partial charge in [0.1, 0.15) is 0 Å². The maximum atomic E-state index is 8.08. The van der Waals surface area contributed by atoms with E-state index in [9.17, 15) is 0 Å². The molecule has 0 aliphatic carbocycles. The highest BCUT2D eigenvalue weighted by Crippen LogP contribution is 1.81. The third kappa shape index (κ3) is 6.71. The Balaban J connectivity index is 3.37. The maximum absolute atomic E-state index is 8.08. The summed E-state index contributed by atoms with van der Waals surface area (Å²) >= 11 is 0. The van der Waals surface area contributed by atoms with E-state index in [1.165, 1.54) is 0 Å². The van der Waals surface area contributed by atoms with E-state index in [1.807, 2.05) is 24.3 Å². The van der Waals surface area contributed by atoms with Gasteiger partial charge in [-0.1, -0.05) is 37.0 Å². The van der Waals surface area contributed by atoms with Gasteiger partial charge in [-0.2, -0.15) is 5.26 Å². The minimum Gasteiger partial charge on any atom is -0.198 e. The highest BCUT2D eigenvalue weighted by atomic mass is 14.2. The van der Waals surface area contributed by atoms with Crippen LogP contribution in [0.25, 0.3) is 0 Å². The monoisotopic (exact) mass is 119 g/mol. The number of hydrogen-bond donors (Lipinski definition) is 0. The molecule has 0 rings (SSSR count). The first-order chi connectivity index (χ1) is 4.41. The third-order valence-corrected chi connectivity index (χ3v) is 0.704. The Hall–Kier alpha value is -1.29. The van der Waals surface area contributed by atoms with Gasteiger partial charge in [-0.15, -0.1) is 0 Å². The molecule has 46 valence electrons. The minimum atomic E-state index is 0.474. The maximum Gasteiger partial charge on any atom is 0.0663 e. The molecule has 0 N–H and O–H groups in total. The van der Waals surface area contributed by atoms with Gasteiger partial charge < -0.3 is 0 Å². The molecule has 0 saturated carbocycles. The number of nitrogens with zero attached hydrogens (tertiary/aromatic N) is 1. The lowest BCUT2D eigenvalue weighted by molar-refractivity contribution is 1.35. The fraction of sp³-hybridized carbons (Fsp3) is 0.125. The van der Waals surface area contributed by atoms with Gasteiger partial charge in [0.05, 0.1) is 12.5 Å². The quantitative estimate of drug-likeness (QED) is 0.522. The molecule has 0 amide bonds. The molecule has 1 heteroatoms. The first-order valence-corrected chi connectivity index (χ1v) is 2.73. The van der Waals surface area contributed by atoms with Crippen LogP contribution in [-0.4, -0.2) is 0 Å². The van der Waals surface area contributed by atoms with Gasteiger partial charge in [0, 0.05) is 0 Å². The molecule has 9 heavy (non-hydrogen) atoms. The van der Waals surface area contributed by atoms with Gasteiger partial charge >= 0.3 is 0 Å². The molecule has 0 saturated heterocycles. The summed E-state index contributed by atoms with van der Waals surface area (Å²) in [4.78, 5) is 0. The van der Waals surface area contributed by atoms with Crippen molar-refractivity contribution in [1.82, 2.24) is 0 Å². The van der Waals surface area contributed by atoms with Crippen molar-refractivity contribution in [3.63, 3.8) is 0 Å². The summed E-state index contributed by atoms with van der Waals surface area (Å²) in [6.45, 7) is 3.49. The molecule has 0 aliphatic heterocycles. The van der Waals surface area contributed by atoms with Gasteiger partial charge in [0.2, 0.25) is 0 Å². The molecule has 0 spiro atoms. The first-order valence-electron chi connectivity index (χ1n) is 2.73. The highest BCUT2D eigenvalue weighted by Gasteiger charge is 1.65. The van der Waals surface area contributed by atoms with Crippen LogP contribution in [0.3, 0.4) is 0 Å². The summed E-state index contributed by atoms with van der Waals surface area (Å²) in [5, 5.41) is 8.08. The first kappa shape index (κ1) is 7.71. The second kappa shape index (κ2) is 6.71. The molecule has 1 nitrogen and oxygen atoms in total. The summed E-state index contributed by atoms with van der Waals surface area (Å²) in [7, 11) is 0. The van der Waals surface area contributed by atoms with E-state index < -0.39 is 0 Å². The zero-order valence-corrected chi connectivity index (χ0v) is 5.25. The Morgan fingerprint density at radius 2 is 2.11 bits per heavy atom. The van der Waals surface area contributed by atoms with Crippen molar-refractivity contribution in [3.05, 3.63) is 37.0 Å². The van der Waals surface area contributed by atoms with Crippen LogP contribution in [0.4, 0.5) is 0 Å². The normalized spacial score (nSPS) is 10.1. The van der Waals surface area contributed by atoms with E-state index in [-0.39, 0.29) is 0 Å². The van der Waals surface area contributed by atoms with Crippen molar-refractivity contribution in [1.29, 1.82) is 5.26 Å². The average Bonchev–Trinajstić information content (AvgIpc) is 1.89. The number of allylic oxidation sites excluding steroid dienone is 5. The Morgan fingerprint density at radius 3 is 2.67 bits per heavy atom. The highest BCUT2D eigenvalue weighted by molar-refractivity contribution is 5.09. The van der Waals surface area contributed by atoms with Crippen LogP contribution in [0, 0.1) is 11.3 Å². The van der Waals surface area contributed by atoms with E-state index in [0.717, 1.165) is 0 Å². The average molecular weight is 119 g/mol. The van der Waals surface area contributed by atoms with Crippen molar-refractivity contribution < 1.29 is 0 Å². The van der Waals surface area contributed by atoms with E-state index in [0.29, 0.717) is 6.42 Å². The van der Waals surface area contributed by atoms with Crippen LogP contribution in [0.2, 0.25) is 0 Å². The molecule has 0 aromatic carbocycles. The molecule has 0 unspecified atom stereocenters. The minimum absolute atomic E-state index is 0.474. The van der Waals surface area contributed by atoms with Gasteiger partial charge in [0.25, 0.3) is 0 Å². The van der Waals surface area contributed by atoms with Crippen LogP contribution in [-0.2, 0) is 0 Å². The zero-order valence-electron chi connectivity index (χ0n) is 5.25. The second-order valence-corrected chi connectivity index (χ2v) is 1.41. The van der Waals surface area contributed by atoms with Crippen LogP contribution in [0.15, 0.2) is 37.0 Å². The fourth-order valence-electron chi connectivity index (χ4n) is 0.342. The number of rotatable bonds is 3. The number of hydrogen-bond acceptors (Lipinski definition) is 1. The molecular weight excluding hydrogens is 110 g/mol. The topological polar surface area (TPSA) is 23.8 Å². The predicted octanol–water partition coefficient (Wildman–Crippen LogP) is 2.20. The summed E-state index contributed by atoms with van der Waals surface area (Å²) in [6.07, 6.45) is 9.43. The smallest absolute Gasteiger partial charge is 0.0663 e. The second-order valence-electron chi connectivity index (χ2n) is 1.41. The fourth-order valence-corrected chi connectivity index (χ4v) is 0.342. The van der Waals surface area contributed by atoms with Crippen molar-refractivity contribution in [2.24, 2.45) is 0 Å². The standard InChI is InChI=1S/C8H9N/c1-2-3-4-5-6-7-8-9/h2-6H,1,7H2/b4-3-,6-5+. The lowest BCUT2D eigenvalue weighted by atomic mass is 10.4. The summed E-state index contributed by atoms with van der Waals surface area (Å²) in [5.74, 6) is 0. The van der Waals surface area contributed by atoms with E-state index >= 15 is 0 Å². The van der Waals surface area contributed by atoms with Crippen LogP contribution >= 0.6 is 0 Å². The number of nitriles is 1. The Labute approximate surface area is 55.6 Å². The van der Waals surface area contributed by atoms with Gasteiger partial charge in [-0.25, -0.2) is 0 Å². The third-order valence-electron chi connectivity index (χ3n) is 0.704. The van der Waals surface area contributed by atoms with Crippen molar-refractivity contribution >= 4 is 0 Å². The van der Waals surface area contributed by atoms with E-state index in [2.05, 4.69) is 6.58 Å². The van der Waals surface area contributed by atoms with Crippen LogP contribution in [0.5, 0.6) is 0 Å². The Kier molecular flexibility index (Phi) is 5.75. The molecule has 0 aromatic rings. The SMILES string of the molecule is C=C/C=C\C=C\CC#N. The van der Waals surface area contributed by atoms with Crippen molar-refractivity contribution in [2.45, 2.75) is 6.42 Å². The lowest BCUT2D eigenvalue weighted by Gasteiger charge is -1.70. The van der Waals surface area contributed by atoms with Gasteiger partial charge in [-0.3, -0.25) is 0 Å². The molecule has 0 aliphatic rings. The molecule has 0 atom stereocenters. The van der Waals surface area contributed by atoms with Crippen LogP contribution in [0.1, 0.15) is 6.42 Å².